The molecule has 7 nitrogen and oxygen atoms in total. The van der Waals surface area contributed by atoms with E-state index >= 15 is 0 Å². The molecule has 0 radical (unpaired) electrons. The Labute approximate surface area is 127 Å². The van der Waals surface area contributed by atoms with Gasteiger partial charge >= 0.3 is 0 Å². The number of H-pyrrole nitrogens is 1. The summed E-state index contributed by atoms with van der Waals surface area (Å²) in [5, 5.41) is 0.840. The van der Waals surface area contributed by atoms with Crippen LogP contribution in [-0.4, -0.2) is 52.4 Å². The molecule has 3 aromatic rings. The van der Waals surface area contributed by atoms with Crippen LogP contribution in [-0.2, 0) is 0 Å². The Balaban J connectivity index is 2.23. The van der Waals surface area contributed by atoms with E-state index in [0.29, 0.717) is 11.7 Å². The molecule has 22 heavy (non-hydrogen) atoms. The van der Waals surface area contributed by atoms with E-state index in [-0.39, 0.29) is 0 Å². The maximum atomic E-state index is 5.34. The second-order valence-corrected chi connectivity index (χ2v) is 4.89. The van der Waals surface area contributed by atoms with Crippen LogP contribution < -0.4 is 4.74 Å². The number of nitrogens with one attached hydrogen (secondary N) is 1. The Bertz CT molecular complexity index is 824. The van der Waals surface area contributed by atoms with Gasteiger partial charge in [0.25, 0.3) is 0 Å². The van der Waals surface area contributed by atoms with Gasteiger partial charge in [-0.3, -0.25) is 0 Å². The summed E-state index contributed by atoms with van der Waals surface area (Å²) in [4.78, 5) is 22.2. The monoisotopic (exact) mass is 296 g/mol. The fourth-order valence-electron chi connectivity index (χ4n) is 2.19. The van der Waals surface area contributed by atoms with Gasteiger partial charge in [0.2, 0.25) is 5.88 Å². The van der Waals surface area contributed by atoms with Gasteiger partial charge in [0.15, 0.2) is 5.82 Å². The highest BCUT2D eigenvalue weighted by atomic mass is 16.5. The van der Waals surface area contributed by atoms with Gasteiger partial charge in [-0.1, -0.05) is 0 Å². The highest BCUT2D eigenvalue weighted by molar-refractivity contribution is 6.01. The van der Waals surface area contributed by atoms with Crippen LogP contribution in [0, 0.1) is 0 Å². The van der Waals surface area contributed by atoms with Crippen LogP contribution >= 0.6 is 0 Å². The predicted molar refractivity (Wildman–Crippen MR) is 85.5 cm³/mol. The number of aromatic amines is 1. The molecule has 0 fully saturated rings. The molecule has 0 amide bonds. The first-order valence-electron chi connectivity index (χ1n) is 6.72. The van der Waals surface area contributed by atoms with E-state index in [4.69, 9.17) is 4.74 Å². The standard InChI is InChI=1S/C15H16N6O/c1-21(2)9-20-14-12-11(7-17-13(12)18-8-19-14)10-5-4-6-16-15(10)22-3/h4-9H,1-3H3,(H,17,18,19). The van der Waals surface area contributed by atoms with Crippen molar-refractivity contribution >= 4 is 23.2 Å². The molecule has 0 saturated carbocycles. The summed E-state index contributed by atoms with van der Waals surface area (Å²) in [6, 6.07) is 3.81. The van der Waals surface area contributed by atoms with Crippen LogP contribution in [0.1, 0.15) is 0 Å². The van der Waals surface area contributed by atoms with Crippen LogP contribution in [0.2, 0.25) is 0 Å². The smallest absolute Gasteiger partial charge is 0.221 e. The van der Waals surface area contributed by atoms with Crippen LogP contribution in [0.5, 0.6) is 5.88 Å². The van der Waals surface area contributed by atoms with Crippen molar-refractivity contribution in [1.82, 2.24) is 24.8 Å². The van der Waals surface area contributed by atoms with Crippen molar-refractivity contribution in [2.75, 3.05) is 21.2 Å². The van der Waals surface area contributed by atoms with E-state index in [1.807, 2.05) is 37.3 Å². The minimum Gasteiger partial charge on any atom is -0.481 e. The lowest BCUT2D eigenvalue weighted by molar-refractivity contribution is 0.400. The lowest BCUT2D eigenvalue weighted by Crippen LogP contribution is -2.07. The van der Waals surface area contributed by atoms with Gasteiger partial charge in [0.1, 0.15) is 12.0 Å². The lowest BCUT2D eigenvalue weighted by atomic mass is 10.1. The number of ether oxygens (including phenoxy) is 1. The zero-order chi connectivity index (χ0) is 15.5. The lowest BCUT2D eigenvalue weighted by Gasteiger charge is -2.07. The number of fused-ring (bicyclic) bond motifs is 1. The highest BCUT2D eigenvalue weighted by Gasteiger charge is 2.15. The van der Waals surface area contributed by atoms with E-state index in [1.165, 1.54) is 6.33 Å². The minimum absolute atomic E-state index is 0.551. The van der Waals surface area contributed by atoms with Crippen molar-refractivity contribution in [3.63, 3.8) is 0 Å². The van der Waals surface area contributed by atoms with Gasteiger partial charge in [-0.25, -0.2) is 19.9 Å². The Kier molecular flexibility index (Phi) is 3.69. The molecule has 1 N–H and O–H groups in total. The summed E-state index contributed by atoms with van der Waals surface area (Å²) in [5.41, 5.74) is 2.50. The summed E-state index contributed by atoms with van der Waals surface area (Å²) in [5.74, 6) is 1.15. The van der Waals surface area contributed by atoms with Gasteiger partial charge in [0.05, 0.1) is 18.8 Å². The zero-order valence-corrected chi connectivity index (χ0v) is 12.6. The Morgan fingerprint density at radius 1 is 1.23 bits per heavy atom. The Morgan fingerprint density at radius 3 is 2.86 bits per heavy atom. The number of pyridine rings is 1. The summed E-state index contributed by atoms with van der Waals surface area (Å²) < 4.78 is 5.34. The molecule has 0 aliphatic carbocycles. The first-order chi connectivity index (χ1) is 10.7. The summed E-state index contributed by atoms with van der Waals surface area (Å²) in [6.45, 7) is 0. The third-order valence-corrected chi connectivity index (χ3v) is 3.12. The quantitative estimate of drug-likeness (QED) is 0.590. The molecule has 0 spiro atoms. The molecule has 0 unspecified atom stereocenters. The second kappa shape index (κ2) is 5.80. The van der Waals surface area contributed by atoms with Crippen LogP contribution in [0.15, 0.2) is 35.8 Å². The summed E-state index contributed by atoms with van der Waals surface area (Å²) in [7, 11) is 5.41. The molecule has 0 bridgehead atoms. The van der Waals surface area contributed by atoms with Crippen molar-refractivity contribution in [1.29, 1.82) is 0 Å². The van der Waals surface area contributed by atoms with Crippen molar-refractivity contribution in [3.8, 4) is 17.0 Å². The van der Waals surface area contributed by atoms with Crippen LogP contribution in [0.3, 0.4) is 0 Å². The Morgan fingerprint density at radius 2 is 2.09 bits per heavy atom. The van der Waals surface area contributed by atoms with Gasteiger partial charge in [-0.2, -0.15) is 0 Å². The molecule has 0 saturated heterocycles. The first-order valence-corrected chi connectivity index (χ1v) is 6.72. The molecule has 3 heterocycles. The SMILES string of the molecule is COc1ncccc1-c1c[nH]c2ncnc(N=CN(C)C)c12. The molecule has 7 heteroatoms. The summed E-state index contributed by atoms with van der Waals surface area (Å²) >= 11 is 0. The van der Waals surface area contributed by atoms with Gasteiger partial charge in [0, 0.05) is 37.6 Å². The predicted octanol–water partition coefficient (Wildman–Crippen LogP) is 2.25. The van der Waals surface area contributed by atoms with E-state index in [0.717, 1.165) is 22.2 Å². The van der Waals surface area contributed by atoms with E-state index in [2.05, 4.69) is 24.9 Å². The third-order valence-electron chi connectivity index (χ3n) is 3.12. The molecule has 3 aromatic heterocycles. The first kappa shape index (κ1) is 14.0. The molecule has 0 atom stereocenters. The molecule has 0 aromatic carbocycles. The fraction of sp³-hybridized carbons (Fsp3) is 0.200. The number of hydrogen-bond acceptors (Lipinski definition) is 5. The number of aliphatic imine (C=N–C) groups is 1. The number of aromatic nitrogens is 4. The third kappa shape index (κ3) is 2.48. The van der Waals surface area contributed by atoms with Crippen LogP contribution in [0.4, 0.5) is 5.82 Å². The van der Waals surface area contributed by atoms with Crippen molar-refractivity contribution in [2.24, 2.45) is 4.99 Å². The number of hydrogen-bond donors (Lipinski definition) is 1. The molecular weight excluding hydrogens is 280 g/mol. The van der Waals surface area contributed by atoms with E-state index in [1.54, 1.807) is 19.6 Å². The highest BCUT2D eigenvalue weighted by Crippen LogP contribution is 2.36. The summed E-state index contributed by atoms with van der Waals surface area (Å²) in [6.07, 6.45) is 6.76. The number of rotatable bonds is 4. The molecule has 112 valence electrons. The van der Waals surface area contributed by atoms with Crippen molar-refractivity contribution < 1.29 is 4.74 Å². The topological polar surface area (TPSA) is 79.3 Å². The largest absolute Gasteiger partial charge is 0.481 e. The van der Waals surface area contributed by atoms with Crippen molar-refractivity contribution in [3.05, 3.63) is 30.9 Å². The molecule has 0 aliphatic heterocycles. The number of nitrogens with zero attached hydrogens (tertiary/aromatic N) is 5. The second-order valence-electron chi connectivity index (χ2n) is 4.89. The van der Waals surface area contributed by atoms with E-state index in [9.17, 15) is 0 Å². The van der Waals surface area contributed by atoms with Gasteiger partial charge in [-0.05, 0) is 12.1 Å². The van der Waals surface area contributed by atoms with Crippen LogP contribution in [0.25, 0.3) is 22.2 Å². The average Bonchev–Trinajstić information content (AvgIpc) is 2.97. The van der Waals surface area contributed by atoms with Gasteiger partial charge in [-0.15, -0.1) is 0 Å². The van der Waals surface area contributed by atoms with Gasteiger partial charge < -0.3 is 14.6 Å². The molecular formula is C15H16N6O. The maximum absolute atomic E-state index is 5.34. The normalized spacial score (nSPS) is 11.2. The fourth-order valence-corrected chi connectivity index (χ4v) is 2.19. The maximum Gasteiger partial charge on any atom is 0.221 e. The van der Waals surface area contributed by atoms with Crippen molar-refractivity contribution in [2.45, 2.75) is 0 Å². The molecule has 3 rings (SSSR count). The molecule has 0 aliphatic rings. The Hall–Kier alpha value is -2.96. The minimum atomic E-state index is 0.551. The number of methoxy groups -OCH3 is 1. The zero-order valence-electron chi connectivity index (χ0n) is 12.6. The average molecular weight is 296 g/mol. The van der Waals surface area contributed by atoms with E-state index < -0.39 is 0 Å².